The lowest BCUT2D eigenvalue weighted by Crippen LogP contribution is -2.49. The summed E-state index contributed by atoms with van der Waals surface area (Å²) in [6.07, 6.45) is 5.03. The number of nitrogens with zero attached hydrogens (tertiary/aromatic N) is 1. The van der Waals surface area contributed by atoms with Crippen molar-refractivity contribution in [3.63, 3.8) is 0 Å². The van der Waals surface area contributed by atoms with Gasteiger partial charge in [-0.15, -0.1) is 0 Å². The van der Waals surface area contributed by atoms with Gasteiger partial charge in [0, 0.05) is 25.0 Å². The molecule has 4 rings (SSSR count). The molecular weight excluding hydrogens is 334 g/mol. The van der Waals surface area contributed by atoms with Crippen LogP contribution in [0.25, 0.3) is 0 Å². The summed E-state index contributed by atoms with van der Waals surface area (Å²) in [5.41, 5.74) is 3.68. The Morgan fingerprint density at radius 2 is 1.67 bits per heavy atom. The van der Waals surface area contributed by atoms with E-state index in [0.29, 0.717) is 6.42 Å². The van der Waals surface area contributed by atoms with E-state index in [1.165, 1.54) is 16.7 Å². The number of hydrogen-bond donors (Lipinski definition) is 0. The molecule has 3 nitrogen and oxygen atoms in total. The molecule has 1 fully saturated rings. The number of allylic oxidation sites excluding steroid dienone is 1. The minimum Gasteiger partial charge on any atom is -0.303 e. The third-order valence-corrected chi connectivity index (χ3v) is 6.00. The summed E-state index contributed by atoms with van der Waals surface area (Å²) in [7, 11) is 0. The zero-order valence-electron chi connectivity index (χ0n) is 15.5. The standard InChI is InChI=1S/C24H25NO2/c26-17-21-15-24(14-19-7-3-1-4-8-19)18-25(12-11-22(24)13-23(21)27)16-20-9-5-2-6-10-20/h1-10,13,17,21H,11-12,14-16,18H2. The topological polar surface area (TPSA) is 37.4 Å². The lowest BCUT2D eigenvalue weighted by molar-refractivity contribution is -0.126. The molecule has 1 aliphatic heterocycles. The number of hydrogen-bond acceptors (Lipinski definition) is 3. The van der Waals surface area contributed by atoms with Gasteiger partial charge in [-0.25, -0.2) is 0 Å². The molecule has 27 heavy (non-hydrogen) atoms. The molecule has 0 radical (unpaired) electrons. The monoisotopic (exact) mass is 359 g/mol. The molecule has 0 saturated carbocycles. The highest BCUT2D eigenvalue weighted by Gasteiger charge is 2.45. The first kappa shape index (κ1) is 17.9. The number of likely N-dealkylation sites (tertiary alicyclic amines) is 1. The van der Waals surface area contributed by atoms with Gasteiger partial charge in [0.05, 0.1) is 5.92 Å². The van der Waals surface area contributed by atoms with Crippen molar-refractivity contribution in [3.8, 4) is 0 Å². The third kappa shape index (κ3) is 3.79. The van der Waals surface area contributed by atoms with Gasteiger partial charge < -0.3 is 4.79 Å². The number of fused-ring (bicyclic) bond motifs is 1. The number of piperidine rings is 1. The number of benzene rings is 2. The van der Waals surface area contributed by atoms with Crippen molar-refractivity contribution in [2.75, 3.05) is 13.1 Å². The summed E-state index contributed by atoms with van der Waals surface area (Å²) < 4.78 is 0. The lowest BCUT2D eigenvalue weighted by atomic mass is 9.63. The summed E-state index contributed by atoms with van der Waals surface area (Å²) in [5, 5.41) is 0. The first-order valence-electron chi connectivity index (χ1n) is 9.69. The van der Waals surface area contributed by atoms with E-state index in [2.05, 4.69) is 53.4 Å². The summed E-state index contributed by atoms with van der Waals surface area (Å²) in [6, 6.07) is 21.0. The number of carbonyl (C=O) groups is 2. The fourth-order valence-corrected chi connectivity index (χ4v) is 4.69. The van der Waals surface area contributed by atoms with Crippen LogP contribution in [0.5, 0.6) is 0 Å². The first-order valence-corrected chi connectivity index (χ1v) is 9.69. The van der Waals surface area contributed by atoms with Gasteiger partial charge in [-0.2, -0.15) is 0 Å². The van der Waals surface area contributed by atoms with Crippen molar-refractivity contribution in [1.82, 2.24) is 4.90 Å². The molecule has 0 aromatic heterocycles. The van der Waals surface area contributed by atoms with Crippen LogP contribution in [0.1, 0.15) is 24.0 Å². The van der Waals surface area contributed by atoms with E-state index < -0.39 is 5.92 Å². The molecule has 2 aromatic rings. The summed E-state index contributed by atoms with van der Waals surface area (Å²) in [6.45, 7) is 2.75. The molecule has 2 atom stereocenters. The van der Waals surface area contributed by atoms with E-state index >= 15 is 0 Å². The molecule has 2 aromatic carbocycles. The smallest absolute Gasteiger partial charge is 0.165 e. The highest BCUT2D eigenvalue weighted by Crippen LogP contribution is 2.46. The fourth-order valence-electron chi connectivity index (χ4n) is 4.69. The van der Waals surface area contributed by atoms with E-state index in [9.17, 15) is 9.59 Å². The molecule has 138 valence electrons. The molecule has 0 amide bonds. The summed E-state index contributed by atoms with van der Waals surface area (Å²) >= 11 is 0. The second kappa shape index (κ2) is 7.61. The number of rotatable bonds is 5. The van der Waals surface area contributed by atoms with Crippen molar-refractivity contribution < 1.29 is 9.59 Å². The predicted molar refractivity (Wildman–Crippen MR) is 106 cm³/mol. The van der Waals surface area contributed by atoms with Crippen LogP contribution in [-0.2, 0) is 22.6 Å². The Kier molecular flexibility index (Phi) is 5.04. The lowest BCUT2D eigenvalue weighted by Gasteiger charge is -2.48. The Balaban J connectivity index is 1.64. The number of aldehydes is 1. The van der Waals surface area contributed by atoms with E-state index in [-0.39, 0.29) is 11.2 Å². The van der Waals surface area contributed by atoms with Gasteiger partial charge in [0.15, 0.2) is 5.78 Å². The van der Waals surface area contributed by atoms with Crippen molar-refractivity contribution in [2.24, 2.45) is 11.3 Å². The summed E-state index contributed by atoms with van der Waals surface area (Å²) in [5.74, 6) is -0.519. The Hall–Kier alpha value is -2.52. The Labute approximate surface area is 160 Å². The average Bonchev–Trinajstić information content (AvgIpc) is 2.69. The van der Waals surface area contributed by atoms with Crippen LogP contribution in [0.4, 0.5) is 0 Å². The molecule has 0 bridgehead atoms. The zero-order chi connectivity index (χ0) is 18.7. The Morgan fingerprint density at radius 3 is 2.33 bits per heavy atom. The normalized spacial score (nSPS) is 25.6. The molecule has 3 heteroatoms. The molecule has 2 aliphatic rings. The van der Waals surface area contributed by atoms with Gasteiger partial charge in [-0.1, -0.05) is 66.2 Å². The van der Waals surface area contributed by atoms with Gasteiger partial charge in [0.25, 0.3) is 0 Å². The fraction of sp³-hybridized carbons (Fsp3) is 0.333. The van der Waals surface area contributed by atoms with Crippen LogP contribution in [0.15, 0.2) is 72.3 Å². The van der Waals surface area contributed by atoms with Gasteiger partial charge >= 0.3 is 0 Å². The maximum Gasteiger partial charge on any atom is 0.165 e. The molecule has 1 aliphatic carbocycles. The van der Waals surface area contributed by atoms with Crippen molar-refractivity contribution >= 4 is 12.1 Å². The highest BCUT2D eigenvalue weighted by molar-refractivity contribution is 6.02. The molecule has 1 heterocycles. The van der Waals surface area contributed by atoms with E-state index in [1.807, 2.05) is 12.1 Å². The maximum absolute atomic E-state index is 12.3. The Morgan fingerprint density at radius 1 is 1.00 bits per heavy atom. The van der Waals surface area contributed by atoms with Gasteiger partial charge in [0.2, 0.25) is 0 Å². The molecular formula is C24H25NO2. The van der Waals surface area contributed by atoms with Gasteiger partial charge in [0.1, 0.15) is 6.29 Å². The minimum absolute atomic E-state index is 0.0137. The first-order chi connectivity index (χ1) is 13.2. The molecule has 0 N–H and O–H groups in total. The molecule has 0 spiro atoms. The van der Waals surface area contributed by atoms with E-state index in [0.717, 1.165) is 38.8 Å². The van der Waals surface area contributed by atoms with E-state index in [1.54, 1.807) is 6.08 Å². The zero-order valence-corrected chi connectivity index (χ0v) is 15.5. The van der Waals surface area contributed by atoms with Crippen molar-refractivity contribution in [3.05, 3.63) is 83.4 Å². The summed E-state index contributed by atoms with van der Waals surface area (Å²) in [4.78, 5) is 26.4. The molecule has 1 saturated heterocycles. The van der Waals surface area contributed by atoms with Crippen molar-refractivity contribution in [2.45, 2.75) is 25.8 Å². The van der Waals surface area contributed by atoms with Gasteiger partial charge in [-0.05, 0) is 36.5 Å². The maximum atomic E-state index is 12.3. The predicted octanol–water partition coefficient (Wildman–Crippen LogP) is 3.84. The van der Waals surface area contributed by atoms with E-state index in [4.69, 9.17) is 0 Å². The Bertz CT molecular complexity index is 843. The van der Waals surface area contributed by atoms with Crippen LogP contribution < -0.4 is 0 Å². The highest BCUT2D eigenvalue weighted by atomic mass is 16.1. The van der Waals surface area contributed by atoms with Crippen LogP contribution in [0, 0.1) is 11.3 Å². The SMILES string of the molecule is O=CC1CC2(Cc3ccccc3)CN(Cc3ccccc3)CCC2=CC1=O. The third-order valence-electron chi connectivity index (χ3n) is 6.00. The van der Waals surface area contributed by atoms with Gasteiger partial charge in [-0.3, -0.25) is 9.69 Å². The second-order valence-corrected chi connectivity index (χ2v) is 7.91. The average molecular weight is 359 g/mol. The van der Waals surface area contributed by atoms with Crippen LogP contribution in [-0.4, -0.2) is 30.1 Å². The largest absolute Gasteiger partial charge is 0.303 e. The second-order valence-electron chi connectivity index (χ2n) is 7.91. The van der Waals surface area contributed by atoms with Crippen LogP contribution >= 0.6 is 0 Å². The molecule has 2 unspecified atom stereocenters. The van der Waals surface area contributed by atoms with Crippen molar-refractivity contribution in [1.29, 1.82) is 0 Å². The quantitative estimate of drug-likeness (QED) is 0.601. The number of carbonyl (C=O) groups excluding carboxylic acids is 2. The number of ketones is 1. The van der Waals surface area contributed by atoms with Crippen LogP contribution in [0.3, 0.4) is 0 Å². The minimum atomic E-state index is -0.505. The van der Waals surface area contributed by atoms with Crippen LogP contribution in [0.2, 0.25) is 0 Å².